The second-order valence-corrected chi connectivity index (χ2v) is 5.41. The summed E-state index contributed by atoms with van der Waals surface area (Å²) in [6.07, 6.45) is 0.761. The van der Waals surface area contributed by atoms with Gasteiger partial charge in [0.2, 0.25) is 0 Å². The lowest BCUT2D eigenvalue weighted by Gasteiger charge is -2.19. The molecule has 0 fully saturated rings. The van der Waals surface area contributed by atoms with Crippen molar-refractivity contribution >= 4 is 11.8 Å². The van der Waals surface area contributed by atoms with Gasteiger partial charge in [0.1, 0.15) is 5.75 Å². The number of benzene rings is 1. The van der Waals surface area contributed by atoms with E-state index in [1.807, 2.05) is 6.07 Å². The number of ether oxygens (including phenoxy) is 1. The van der Waals surface area contributed by atoms with E-state index in [1.54, 1.807) is 12.1 Å². The summed E-state index contributed by atoms with van der Waals surface area (Å²) in [5.41, 5.74) is 1.10. The molecule has 4 heteroatoms. The highest BCUT2D eigenvalue weighted by Gasteiger charge is 2.21. The Bertz CT molecular complexity index is 469. The van der Waals surface area contributed by atoms with Crippen LogP contribution in [0.2, 0.25) is 0 Å². The summed E-state index contributed by atoms with van der Waals surface area (Å²) in [6.45, 7) is 6.24. The fourth-order valence-corrected chi connectivity index (χ4v) is 1.77. The van der Waals surface area contributed by atoms with E-state index in [0.717, 1.165) is 12.0 Å². The van der Waals surface area contributed by atoms with Crippen molar-refractivity contribution in [2.24, 2.45) is 5.41 Å². The van der Waals surface area contributed by atoms with Crippen LogP contribution >= 0.6 is 0 Å². The molecule has 0 bridgehead atoms. The minimum atomic E-state index is -1.47. The smallest absolute Gasteiger partial charge is 0.377 e. The number of aliphatic carboxylic acids is 1. The largest absolute Gasteiger partial charge is 0.496 e. The zero-order valence-electron chi connectivity index (χ0n) is 11.1. The molecule has 18 heavy (non-hydrogen) atoms. The van der Waals surface area contributed by atoms with Crippen LogP contribution in [-0.4, -0.2) is 24.0 Å². The van der Waals surface area contributed by atoms with Crippen LogP contribution < -0.4 is 4.74 Å². The van der Waals surface area contributed by atoms with E-state index >= 15 is 0 Å². The SMILES string of the molecule is COc1ccc(CC(C)(C)C)cc1C(=O)C(=O)O. The summed E-state index contributed by atoms with van der Waals surface area (Å²) >= 11 is 0. The zero-order chi connectivity index (χ0) is 13.9. The van der Waals surface area contributed by atoms with Gasteiger partial charge in [-0.2, -0.15) is 0 Å². The van der Waals surface area contributed by atoms with Gasteiger partial charge in [-0.25, -0.2) is 4.79 Å². The third-order valence-electron chi connectivity index (χ3n) is 2.44. The second kappa shape index (κ2) is 5.21. The molecule has 0 heterocycles. The van der Waals surface area contributed by atoms with E-state index in [2.05, 4.69) is 20.8 Å². The molecule has 0 radical (unpaired) electrons. The molecule has 0 unspecified atom stereocenters. The minimum absolute atomic E-state index is 0.0676. The number of methoxy groups -OCH3 is 1. The van der Waals surface area contributed by atoms with Crippen molar-refractivity contribution in [2.45, 2.75) is 27.2 Å². The molecule has 4 nitrogen and oxygen atoms in total. The zero-order valence-corrected chi connectivity index (χ0v) is 11.1. The predicted molar refractivity (Wildman–Crippen MR) is 68.1 cm³/mol. The molecule has 1 N–H and O–H groups in total. The number of carboxylic acids is 1. The van der Waals surface area contributed by atoms with Crippen molar-refractivity contribution < 1.29 is 19.4 Å². The maximum Gasteiger partial charge on any atom is 0.377 e. The van der Waals surface area contributed by atoms with Crippen molar-refractivity contribution in [3.8, 4) is 5.75 Å². The number of hydrogen-bond acceptors (Lipinski definition) is 3. The van der Waals surface area contributed by atoms with Crippen molar-refractivity contribution in [3.05, 3.63) is 29.3 Å². The number of carbonyl (C=O) groups excluding carboxylic acids is 1. The molecule has 0 amide bonds. The average Bonchev–Trinajstić information content (AvgIpc) is 2.25. The molecule has 1 aromatic carbocycles. The van der Waals surface area contributed by atoms with E-state index < -0.39 is 11.8 Å². The second-order valence-electron chi connectivity index (χ2n) is 5.41. The summed E-state index contributed by atoms with van der Waals surface area (Å²) in [4.78, 5) is 22.3. The van der Waals surface area contributed by atoms with Gasteiger partial charge in [0, 0.05) is 0 Å². The van der Waals surface area contributed by atoms with Gasteiger partial charge >= 0.3 is 5.97 Å². The monoisotopic (exact) mass is 250 g/mol. The quantitative estimate of drug-likeness (QED) is 0.659. The van der Waals surface area contributed by atoms with Gasteiger partial charge in [-0.05, 0) is 29.5 Å². The van der Waals surface area contributed by atoms with Crippen molar-refractivity contribution in [1.82, 2.24) is 0 Å². The number of rotatable bonds is 4. The number of ketones is 1. The first-order valence-electron chi connectivity index (χ1n) is 5.69. The van der Waals surface area contributed by atoms with E-state index in [1.165, 1.54) is 7.11 Å². The fraction of sp³-hybridized carbons (Fsp3) is 0.429. The minimum Gasteiger partial charge on any atom is -0.496 e. The van der Waals surface area contributed by atoms with Crippen molar-refractivity contribution in [1.29, 1.82) is 0 Å². The first-order chi connectivity index (χ1) is 8.24. The molecule has 0 aliphatic heterocycles. The highest BCUT2D eigenvalue weighted by atomic mass is 16.5. The van der Waals surface area contributed by atoms with E-state index in [-0.39, 0.29) is 11.0 Å². The number of carboxylic acid groups (broad SMARTS) is 1. The molecule has 0 aliphatic rings. The fourth-order valence-electron chi connectivity index (χ4n) is 1.77. The molecule has 1 aromatic rings. The van der Waals surface area contributed by atoms with Crippen LogP contribution in [-0.2, 0) is 11.2 Å². The Labute approximate surface area is 107 Å². The summed E-state index contributed by atoms with van der Waals surface area (Å²) in [7, 11) is 1.41. The van der Waals surface area contributed by atoms with Crippen LogP contribution in [0.1, 0.15) is 36.7 Å². The summed E-state index contributed by atoms with van der Waals surface area (Å²) in [6, 6.07) is 5.08. The summed E-state index contributed by atoms with van der Waals surface area (Å²) < 4.78 is 5.02. The lowest BCUT2D eigenvalue weighted by Crippen LogP contribution is -2.15. The van der Waals surface area contributed by atoms with Gasteiger partial charge in [0.25, 0.3) is 5.78 Å². The lowest BCUT2D eigenvalue weighted by molar-refractivity contribution is -0.131. The van der Waals surface area contributed by atoms with Crippen molar-refractivity contribution in [3.63, 3.8) is 0 Å². The third-order valence-corrected chi connectivity index (χ3v) is 2.44. The van der Waals surface area contributed by atoms with Gasteiger partial charge in [-0.3, -0.25) is 4.79 Å². The van der Waals surface area contributed by atoms with Gasteiger partial charge in [0.15, 0.2) is 0 Å². The Kier molecular flexibility index (Phi) is 4.11. The van der Waals surface area contributed by atoms with Crippen LogP contribution in [0.4, 0.5) is 0 Å². The molecule has 0 spiro atoms. The first-order valence-corrected chi connectivity index (χ1v) is 5.69. The average molecular weight is 250 g/mol. The molecule has 0 atom stereocenters. The van der Waals surface area contributed by atoms with Crippen LogP contribution in [0.3, 0.4) is 0 Å². The van der Waals surface area contributed by atoms with Crippen LogP contribution in [0.25, 0.3) is 0 Å². The van der Waals surface area contributed by atoms with E-state index in [0.29, 0.717) is 5.75 Å². The first kappa shape index (κ1) is 14.2. The standard InChI is InChI=1S/C14H18O4/c1-14(2,3)8-9-5-6-11(18-4)10(7-9)12(15)13(16)17/h5-7H,8H2,1-4H3,(H,16,17). The van der Waals surface area contributed by atoms with Gasteiger partial charge in [-0.1, -0.05) is 26.8 Å². The molecule has 1 rings (SSSR count). The van der Waals surface area contributed by atoms with Crippen LogP contribution in [0, 0.1) is 5.41 Å². The molecule has 98 valence electrons. The molecule has 0 aromatic heterocycles. The number of Topliss-reactive ketones (excluding diaryl/α,β-unsaturated/α-hetero) is 1. The van der Waals surface area contributed by atoms with Gasteiger partial charge in [0.05, 0.1) is 12.7 Å². The van der Waals surface area contributed by atoms with Crippen LogP contribution in [0.5, 0.6) is 5.75 Å². The third kappa shape index (κ3) is 3.58. The summed E-state index contributed by atoms with van der Waals surface area (Å²) in [5.74, 6) is -2.12. The van der Waals surface area contributed by atoms with Crippen molar-refractivity contribution in [2.75, 3.05) is 7.11 Å². The maximum atomic E-state index is 11.6. The molecule has 0 aliphatic carbocycles. The number of carbonyl (C=O) groups is 2. The molecule has 0 saturated heterocycles. The topological polar surface area (TPSA) is 63.6 Å². The molecule has 0 saturated carbocycles. The van der Waals surface area contributed by atoms with E-state index in [9.17, 15) is 9.59 Å². The summed E-state index contributed by atoms with van der Waals surface area (Å²) in [5, 5.41) is 8.77. The highest BCUT2D eigenvalue weighted by Crippen LogP contribution is 2.25. The Morgan fingerprint density at radius 2 is 1.89 bits per heavy atom. The molecular weight excluding hydrogens is 232 g/mol. The highest BCUT2D eigenvalue weighted by molar-refractivity contribution is 6.40. The molecular formula is C14H18O4. The maximum absolute atomic E-state index is 11.6. The lowest BCUT2D eigenvalue weighted by atomic mass is 9.87. The Morgan fingerprint density at radius 1 is 1.28 bits per heavy atom. The number of hydrogen-bond donors (Lipinski definition) is 1. The van der Waals surface area contributed by atoms with Crippen LogP contribution in [0.15, 0.2) is 18.2 Å². The van der Waals surface area contributed by atoms with Gasteiger partial charge in [-0.15, -0.1) is 0 Å². The Hall–Kier alpha value is -1.84. The Morgan fingerprint density at radius 3 is 2.33 bits per heavy atom. The van der Waals surface area contributed by atoms with Gasteiger partial charge < -0.3 is 9.84 Å². The van der Waals surface area contributed by atoms with E-state index in [4.69, 9.17) is 9.84 Å². The normalized spacial score (nSPS) is 11.1. The Balaban J connectivity index is 3.18. The predicted octanol–water partition coefficient (Wildman–Crippen LogP) is 2.55.